The number of aromatic nitrogens is 1. The van der Waals surface area contributed by atoms with E-state index in [1.165, 1.54) is 11.8 Å². The molecule has 1 aromatic heterocycles. The Hall–Kier alpha value is -2.40. The third kappa shape index (κ3) is 3.26. The van der Waals surface area contributed by atoms with E-state index in [0.29, 0.717) is 10.1 Å². The predicted molar refractivity (Wildman–Crippen MR) is 91.0 cm³/mol. The first kappa shape index (κ1) is 14.5. The van der Waals surface area contributed by atoms with Gasteiger partial charge < -0.3 is 5.32 Å². The lowest BCUT2D eigenvalue weighted by molar-refractivity contribution is -0.115. The fourth-order valence-corrected chi connectivity index (χ4v) is 2.88. The number of aliphatic imine (C=N–C) groups is 1. The Bertz CT molecular complexity index is 782. The first-order chi connectivity index (χ1) is 10.6. The maximum absolute atomic E-state index is 12.0. The number of hydrogen-bond donors (Lipinski definition) is 1. The third-order valence-electron chi connectivity index (χ3n) is 3.22. The van der Waals surface area contributed by atoms with Gasteiger partial charge in [-0.1, -0.05) is 18.2 Å². The van der Waals surface area contributed by atoms with Crippen LogP contribution in [0.4, 0.5) is 5.69 Å². The molecule has 1 aromatic carbocycles. The summed E-state index contributed by atoms with van der Waals surface area (Å²) in [5.41, 5.74) is 4.00. The summed E-state index contributed by atoms with van der Waals surface area (Å²) in [7, 11) is 0. The molecule has 22 heavy (non-hydrogen) atoms. The molecule has 0 bridgehead atoms. The summed E-state index contributed by atoms with van der Waals surface area (Å²) in [5, 5.41) is 3.41. The van der Waals surface area contributed by atoms with E-state index in [0.717, 1.165) is 22.4 Å². The minimum absolute atomic E-state index is 0.127. The van der Waals surface area contributed by atoms with Crippen molar-refractivity contribution in [2.24, 2.45) is 4.99 Å². The van der Waals surface area contributed by atoms with Crippen LogP contribution in [0.15, 0.2) is 52.6 Å². The van der Waals surface area contributed by atoms with Crippen molar-refractivity contribution in [3.63, 3.8) is 0 Å². The summed E-state index contributed by atoms with van der Waals surface area (Å²) in [6.45, 7) is 4.03. The van der Waals surface area contributed by atoms with Gasteiger partial charge in [0, 0.05) is 12.4 Å². The van der Waals surface area contributed by atoms with Gasteiger partial charge in [-0.25, -0.2) is 4.99 Å². The molecular weight excluding hydrogens is 294 g/mol. The summed E-state index contributed by atoms with van der Waals surface area (Å²) >= 11 is 1.35. The molecule has 1 N–H and O–H groups in total. The van der Waals surface area contributed by atoms with Crippen LogP contribution < -0.4 is 5.32 Å². The van der Waals surface area contributed by atoms with Crippen molar-refractivity contribution in [1.29, 1.82) is 0 Å². The average Bonchev–Trinajstić information content (AvgIpc) is 2.84. The maximum atomic E-state index is 12.0. The summed E-state index contributed by atoms with van der Waals surface area (Å²) in [4.78, 5) is 21.2. The molecule has 2 heterocycles. The summed E-state index contributed by atoms with van der Waals surface area (Å²) in [6.07, 6.45) is 5.25. The molecule has 110 valence electrons. The molecule has 2 aromatic rings. The molecule has 0 radical (unpaired) electrons. The molecule has 0 spiro atoms. The van der Waals surface area contributed by atoms with Crippen LogP contribution >= 0.6 is 11.8 Å². The van der Waals surface area contributed by atoms with Crippen molar-refractivity contribution in [2.75, 3.05) is 0 Å². The van der Waals surface area contributed by atoms with Gasteiger partial charge in [0.15, 0.2) is 5.17 Å². The Morgan fingerprint density at radius 3 is 2.91 bits per heavy atom. The van der Waals surface area contributed by atoms with Gasteiger partial charge in [-0.05, 0) is 60.5 Å². The number of pyridine rings is 1. The normalized spacial score (nSPS) is 18.0. The molecule has 0 unspecified atom stereocenters. The molecule has 4 nitrogen and oxygen atoms in total. The number of nitrogens with zero attached hydrogens (tertiary/aromatic N) is 2. The topological polar surface area (TPSA) is 54.4 Å². The second-order valence-electron chi connectivity index (χ2n) is 5.06. The Kier molecular flexibility index (Phi) is 4.06. The molecule has 0 aliphatic carbocycles. The first-order valence-corrected chi connectivity index (χ1v) is 7.70. The van der Waals surface area contributed by atoms with Crippen molar-refractivity contribution in [3.05, 3.63) is 64.3 Å². The van der Waals surface area contributed by atoms with E-state index in [-0.39, 0.29) is 5.91 Å². The maximum Gasteiger partial charge on any atom is 0.264 e. The third-order valence-corrected chi connectivity index (χ3v) is 4.13. The van der Waals surface area contributed by atoms with Crippen LogP contribution in [0.5, 0.6) is 0 Å². The minimum Gasteiger partial charge on any atom is -0.300 e. The van der Waals surface area contributed by atoms with E-state index < -0.39 is 0 Å². The number of thioether (sulfide) groups is 1. The second-order valence-corrected chi connectivity index (χ2v) is 6.09. The van der Waals surface area contributed by atoms with E-state index in [1.54, 1.807) is 12.4 Å². The Morgan fingerprint density at radius 2 is 2.14 bits per heavy atom. The van der Waals surface area contributed by atoms with Crippen molar-refractivity contribution in [3.8, 4) is 0 Å². The highest BCUT2D eigenvalue weighted by atomic mass is 32.2. The SMILES string of the molecule is Cc1ccc(C)c(N=C2NC(=O)/C(=C\c3cccnc3)S2)c1. The molecular formula is C17H15N3OS. The largest absolute Gasteiger partial charge is 0.300 e. The van der Waals surface area contributed by atoms with Gasteiger partial charge in [-0.2, -0.15) is 0 Å². The van der Waals surface area contributed by atoms with Crippen LogP contribution in [-0.2, 0) is 4.79 Å². The standard InChI is InChI=1S/C17H15N3OS/c1-11-5-6-12(2)14(8-11)19-17-20-16(21)15(22-17)9-13-4-3-7-18-10-13/h3-10H,1-2H3,(H,19,20,21)/b15-9+. The number of rotatable bonds is 2. The molecule has 5 heteroatoms. The van der Waals surface area contributed by atoms with Crippen LogP contribution in [-0.4, -0.2) is 16.1 Å². The number of amides is 1. The molecule has 1 saturated heterocycles. The number of amidine groups is 1. The highest BCUT2D eigenvalue weighted by molar-refractivity contribution is 8.18. The molecule has 0 saturated carbocycles. The average molecular weight is 309 g/mol. The van der Waals surface area contributed by atoms with Crippen molar-refractivity contribution < 1.29 is 4.79 Å². The van der Waals surface area contributed by atoms with Crippen molar-refractivity contribution in [1.82, 2.24) is 10.3 Å². The van der Waals surface area contributed by atoms with Gasteiger partial charge in [-0.15, -0.1) is 0 Å². The predicted octanol–water partition coefficient (Wildman–Crippen LogP) is 3.59. The quantitative estimate of drug-likeness (QED) is 0.863. The zero-order valence-electron chi connectivity index (χ0n) is 12.3. The second kappa shape index (κ2) is 6.15. The molecule has 0 atom stereocenters. The fourth-order valence-electron chi connectivity index (χ4n) is 2.04. The number of carbonyl (C=O) groups is 1. The van der Waals surface area contributed by atoms with Crippen LogP contribution in [0.3, 0.4) is 0 Å². The molecule has 1 aliphatic rings. The number of nitrogens with one attached hydrogen (secondary N) is 1. The van der Waals surface area contributed by atoms with Gasteiger partial charge in [-0.3, -0.25) is 9.78 Å². The van der Waals surface area contributed by atoms with Crippen LogP contribution in [0.1, 0.15) is 16.7 Å². The van der Waals surface area contributed by atoms with Gasteiger partial charge >= 0.3 is 0 Å². The lowest BCUT2D eigenvalue weighted by atomic mass is 10.1. The van der Waals surface area contributed by atoms with E-state index in [1.807, 2.05) is 50.3 Å². The number of aryl methyl sites for hydroxylation is 2. The van der Waals surface area contributed by atoms with Gasteiger partial charge in [0.2, 0.25) is 0 Å². The Labute approximate surface area is 133 Å². The molecule has 1 amide bonds. The lowest BCUT2D eigenvalue weighted by Crippen LogP contribution is -2.19. The molecule has 3 rings (SSSR count). The zero-order valence-corrected chi connectivity index (χ0v) is 13.1. The van der Waals surface area contributed by atoms with E-state index in [4.69, 9.17) is 0 Å². The monoisotopic (exact) mass is 309 g/mol. The van der Waals surface area contributed by atoms with E-state index in [9.17, 15) is 4.79 Å². The molecule has 1 aliphatic heterocycles. The summed E-state index contributed by atoms with van der Waals surface area (Å²) < 4.78 is 0. The minimum atomic E-state index is -0.127. The van der Waals surface area contributed by atoms with Crippen LogP contribution in [0, 0.1) is 13.8 Å². The highest BCUT2D eigenvalue weighted by Crippen LogP contribution is 2.29. The number of benzene rings is 1. The Balaban J connectivity index is 1.87. The molecule has 1 fully saturated rings. The summed E-state index contributed by atoms with van der Waals surface area (Å²) in [5.74, 6) is -0.127. The van der Waals surface area contributed by atoms with Gasteiger partial charge in [0.1, 0.15) is 0 Å². The van der Waals surface area contributed by atoms with Crippen LogP contribution in [0.25, 0.3) is 6.08 Å². The summed E-state index contributed by atoms with van der Waals surface area (Å²) in [6, 6.07) is 9.84. The van der Waals surface area contributed by atoms with Crippen LogP contribution in [0.2, 0.25) is 0 Å². The van der Waals surface area contributed by atoms with E-state index in [2.05, 4.69) is 15.3 Å². The number of hydrogen-bond acceptors (Lipinski definition) is 4. The smallest absolute Gasteiger partial charge is 0.264 e. The highest BCUT2D eigenvalue weighted by Gasteiger charge is 2.23. The van der Waals surface area contributed by atoms with Gasteiger partial charge in [0.25, 0.3) is 5.91 Å². The lowest BCUT2D eigenvalue weighted by Gasteiger charge is -2.02. The van der Waals surface area contributed by atoms with Crippen molar-refractivity contribution >= 4 is 34.6 Å². The van der Waals surface area contributed by atoms with Gasteiger partial charge in [0.05, 0.1) is 10.6 Å². The van der Waals surface area contributed by atoms with E-state index >= 15 is 0 Å². The number of carbonyl (C=O) groups excluding carboxylic acids is 1. The zero-order chi connectivity index (χ0) is 15.5. The fraction of sp³-hybridized carbons (Fsp3) is 0.118. The first-order valence-electron chi connectivity index (χ1n) is 6.89. The van der Waals surface area contributed by atoms with Crippen molar-refractivity contribution in [2.45, 2.75) is 13.8 Å². The Morgan fingerprint density at radius 1 is 1.27 bits per heavy atom.